The number of hydrogen-bond acceptors (Lipinski definition) is 2. The molecule has 0 fully saturated rings. The number of hydrogen-bond donors (Lipinski definition) is 0. The molecule has 0 atom stereocenters. The van der Waals surface area contributed by atoms with Gasteiger partial charge in [0.2, 0.25) is 0 Å². The van der Waals surface area contributed by atoms with E-state index in [0.717, 1.165) is 31.8 Å². The quantitative estimate of drug-likeness (QED) is 0.162. The molecule has 2 nitrogen and oxygen atoms in total. The summed E-state index contributed by atoms with van der Waals surface area (Å²) in [5.74, 6) is 0. The van der Waals surface area contributed by atoms with Gasteiger partial charge in [0.1, 0.15) is 0 Å². The van der Waals surface area contributed by atoms with E-state index in [0.29, 0.717) is 0 Å². The topological polar surface area (TPSA) is 34.1 Å². The molecule has 0 radical (unpaired) electrons. The molecule has 0 aliphatic rings. The van der Waals surface area contributed by atoms with Gasteiger partial charge in [-0.2, -0.15) is 0 Å². The Bertz CT molecular complexity index is 1630. The fraction of sp³-hybridized carbons (Fsp3) is 0. The zero-order valence-corrected chi connectivity index (χ0v) is 29.9. The van der Waals surface area contributed by atoms with Gasteiger partial charge in [-0.25, -0.2) is 0 Å². The maximum absolute atomic E-state index is 15.3. The molecule has 0 aromatic heterocycles. The first-order valence-electron chi connectivity index (χ1n) is 13.7. The molecular formula is C36H28HgO2P2. The van der Waals surface area contributed by atoms with Crippen LogP contribution in [-0.4, -0.2) is 0 Å². The average Bonchev–Trinajstić information content (AvgIpc) is 3.06. The SMILES string of the molecule is O=P(c1ccccc1)(c1ccccc1)c1cccc[c]1[Hg][c]1ccccc1P(=O)(c1ccccc1)c1ccccc1. The summed E-state index contributed by atoms with van der Waals surface area (Å²) in [5.41, 5.74) is 0. The van der Waals surface area contributed by atoms with E-state index in [1.165, 1.54) is 6.14 Å². The van der Waals surface area contributed by atoms with E-state index >= 15 is 9.13 Å². The van der Waals surface area contributed by atoms with E-state index in [1.807, 2.05) is 146 Å². The summed E-state index contributed by atoms with van der Waals surface area (Å²) >= 11 is -2.24. The Labute approximate surface area is 254 Å². The second-order valence-electron chi connectivity index (χ2n) is 9.99. The van der Waals surface area contributed by atoms with Gasteiger partial charge < -0.3 is 0 Å². The van der Waals surface area contributed by atoms with Crippen molar-refractivity contribution in [2.45, 2.75) is 0 Å². The summed E-state index contributed by atoms with van der Waals surface area (Å²) in [6.07, 6.45) is 0. The third-order valence-corrected chi connectivity index (χ3v) is 23.9. The van der Waals surface area contributed by atoms with Crippen molar-refractivity contribution in [1.29, 1.82) is 0 Å². The van der Waals surface area contributed by atoms with Gasteiger partial charge in [-0.3, -0.25) is 0 Å². The monoisotopic (exact) mass is 756 g/mol. The Morgan fingerprint density at radius 3 is 0.854 bits per heavy atom. The second kappa shape index (κ2) is 12.3. The molecule has 0 aliphatic heterocycles. The van der Waals surface area contributed by atoms with Crippen LogP contribution in [-0.2, 0) is 33.7 Å². The van der Waals surface area contributed by atoms with E-state index in [-0.39, 0.29) is 0 Å². The molecule has 6 aromatic rings. The number of rotatable bonds is 8. The molecule has 0 saturated heterocycles. The van der Waals surface area contributed by atoms with Crippen molar-refractivity contribution in [3.63, 3.8) is 0 Å². The molecule has 0 N–H and O–H groups in total. The van der Waals surface area contributed by atoms with Crippen molar-refractivity contribution in [2.24, 2.45) is 0 Å². The molecule has 196 valence electrons. The summed E-state index contributed by atoms with van der Waals surface area (Å²) in [7, 11) is -6.27. The molecule has 0 spiro atoms. The summed E-state index contributed by atoms with van der Waals surface area (Å²) in [6.45, 7) is 0. The van der Waals surface area contributed by atoms with Crippen molar-refractivity contribution in [3.8, 4) is 0 Å². The number of benzene rings is 6. The first-order valence-corrected chi connectivity index (χ1v) is 22.6. The first-order chi connectivity index (χ1) is 20.1. The first kappa shape index (κ1) is 27.9. The minimum atomic E-state index is -3.14. The van der Waals surface area contributed by atoms with Crippen LogP contribution >= 0.6 is 14.3 Å². The van der Waals surface area contributed by atoms with Crippen LogP contribution in [0.2, 0.25) is 0 Å². The zero-order valence-electron chi connectivity index (χ0n) is 22.6. The van der Waals surface area contributed by atoms with E-state index < -0.39 is 38.9 Å². The van der Waals surface area contributed by atoms with Crippen LogP contribution in [0.15, 0.2) is 170 Å². The normalized spacial score (nSPS) is 11.5. The van der Waals surface area contributed by atoms with Crippen molar-refractivity contribution in [3.05, 3.63) is 170 Å². The van der Waals surface area contributed by atoms with Gasteiger partial charge in [0.25, 0.3) is 0 Å². The summed E-state index contributed by atoms with van der Waals surface area (Å²) < 4.78 is 33.0. The van der Waals surface area contributed by atoms with Gasteiger partial charge in [-0.1, -0.05) is 0 Å². The average molecular weight is 755 g/mol. The molecule has 0 bridgehead atoms. The fourth-order valence-electron chi connectivity index (χ4n) is 5.55. The summed E-state index contributed by atoms with van der Waals surface area (Å²) in [5, 5.41) is 5.14. The molecule has 0 unspecified atom stereocenters. The van der Waals surface area contributed by atoms with Crippen LogP contribution in [0, 0.1) is 0 Å². The Hall–Kier alpha value is -3.28. The summed E-state index contributed by atoms with van der Waals surface area (Å²) in [6, 6.07) is 55.9. The van der Waals surface area contributed by atoms with Crippen LogP contribution in [0.1, 0.15) is 0 Å². The van der Waals surface area contributed by atoms with Crippen LogP contribution in [0.3, 0.4) is 0 Å². The second-order valence-corrected chi connectivity index (χ2v) is 22.8. The van der Waals surface area contributed by atoms with E-state index in [2.05, 4.69) is 24.3 Å². The Morgan fingerprint density at radius 1 is 0.317 bits per heavy atom. The zero-order chi connectivity index (χ0) is 28.1. The maximum atomic E-state index is 15.3. The van der Waals surface area contributed by atoms with Gasteiger partial charge in [0, 0.05) is 0 Å². The fourth-order valence-corrected chi connectivity index (χ4v) is 23.6. The molecule has 0 amide bonds. The van der Waals surface area contributed by atoms with Crippen molar-refractivity contribution in [1.82, 2.24) is 0 Å². The molecule has 0 aliphatic carbocycles. The summed E-state index contributed by atoms with van der Waals surface area (Å²) in [4.78, 5) is 0. The Morgan fingerprint density at radius 2 is 0.561 bits per heavy atom. The van der Waals surface area contributed by atoms with Crippen LogP contribution in [0.4, 0.5) is 0 Å². The Kier molecular flexibility index (Phi) is 8.36. The predicted molar refractivity (Wildman–Crippen MR) is 171 cm³/mol. The van der Waals surface area contributed by atoms with Crippen LogP contribution in [0.25, 0.3) is 0 Å². The van der Waals surface area contributed by atoms with Crippen LogP contribution < -0.4 is 38.0 Å². The predicted octanol–water partition coefficient (Wildman–Crippen LogP) is 5.00. The van der Waals surface area contributed by atoms with Gasteiger partial charge in [0.15, 0.2) is 0 Å². The van der Waals surface area contributed by atoms with E-state index in [4.69, 9.17) is 0 Å². The van der Waals surface area contributed by atoms with Crippen molar-refractivity contribution >= 4 is 52.3 Å². The van der Waals surface area contributed by atoms with Gasteiger partial charge in [-0.05, 0) is 0 Å². The van der Waals surface area contributed by atoms with Crippen molar-refractivity contribution in [2.75, 3.05) is 0 Å². The third-order valence-electron chi connectivity index (χ3n) is 7.52. The molecule has 5 heteroatoms. The molecule has 41 heavy (non-hydrogen) atoms. The minimum absolute atomic E-state index is 0.833. The van der Waals surface area contributed by atoms with E-state index in [1.54, 1.807) is 0 Å². The third kappa shape index (κ3) is 5.38. The molecule has 6 rings (SSSR count). The molecule has 0 saturated carbocycles. The van der Waals surface area contributed by atoms with Gasteiger partial charge in [0.05, 0.1) is 0 Å². The van der Waals surface area contributed by atoms with Crippen LogP contribution in [0.5, 0.6) is 0 Å². The molecule has 0 heterocycles. The van der Waals surface area contributed by atoms with E-state index in [9.17, 15) is 0 Å². The van der Waals surface area contributed by atoms with Crippen molar-refractivity contribution < 1.29 is 33.7 Å². The molecule has 6 aromatic carbocycles. The van der Waals surface area contributed by atoms with Gasteiger partial charge >= 0.3 is 256 Å². The Balaban J connectivity index is 1.54. The van der Waals surface area contributed by atoms with Gasteiger partial charge in [-0.15, -0.1) is 0 Å². The standard InChI is InChI=1S/2C18H14OP.Hg/c2*19-20(16-10-4-1-5-11-16,17-12-6-2-7-13-17)18-14-8-3-9-15-18;/h2*1-14H;. The molecular weight excluding hydrogens is 727 g/mol.